The fourth-order valence-corrected chi connectivity index (χ4v) is 2.59. The number of nitrogens with zero attached hydrogens (tertiary/aromatic N) is 1. The lowest BCUT2D eigenvalue weighted by atomic mass is 9.94. The Morgan fingerprint density at radius 2 is 1.80 bits per heavy atom. The number of urea groups is 1. The molecule has 15 heavy (non-hydrogen) atoms. The second-order valence-corrected chi connectivity index (χ2v) is 5.06. The second-order valence-electron chi connectivity index (χ2n) is 5.06. The van der Waals surface area contributed by atoms with E-state index in [2.05, 4.69) is 0 Å². The topological polar surface area (TPSA) is 46.3 Å². The highest BCUT2D eigenvalue weighted by molar-refractivity contribution is 5.72. The molecule has 0 bridgehead atoms. The van der Waals surface area contributed by atoms with Gasteiger partial charge in [-0.25, -0.2) is 4.79 Å². The predicted molar refractivity (Wildman–Crippen MR) is 60.5 cm³/mol. The number of hydrogen-bond acceptors (Lipinski definition) is 1. The molecule has 0 aromatic heterocycles. The molecule has 2 amide bonds. The van der Waals surface area contributed by atoms with Crippen LogP contribution in [0.4, 0.5) is 4.79 Å². The van der Waals surface area contributed by atoms with Gasteiger partial charge < -0.3 is 10.6 Å². The van der Waals surface area contributed by atoms with Gasteiger partial charge in [0.05, 0.1) is 0 Å². The van der Waals surface area contributed by atoms with E-state index < -0.39 is 0 Å². The van der Waals surface area contributed by atoms with Crippen LogP contribution in [0.3, 0.4) is 0 Å². The van der Waals surface area contributed by atoms with Crippen molar-refractivity contribution in [3.8, 4) is 0 Å². The average Bonchev–Trinajstić information content (AvgIpc) is 3.03. The summed E-state index contributed by atoms with van der Waals surface area (Å²) in [5.74, 6) is 0.885. The van der Waals surface area contributed by atoms with Crippen LogP contribution in [0.15, 0.2) is 0 Å². The Morgan fingerprint density at radius 1 is 1.13 bits per heavy atom. The summed E-state index contributed by atoms with van der Waals surface area (Å²) in [4.78, 5) is 13.3. The maximum Gasteiger partial charge on any atom is 0.315 e. The zero-order valence-corrected chi connectivity index (χ0v) is 9.45. The van der Waals surface area contributed by atoms with E-state index in [9.17, 15) is 4.79 Å². The number of hydrogen-bond donors (Lipinski definition) is 1. The van der Waals surface area contributed by atoms with Gasteiger partial charge in [0.15, 0.2) is 0 Å². The maximum absolute atomic E-state index is 11.4. The minimum atomic E-state index is -0.206. The molecule has 0 radical (unpaired) electrons. The molecule has 2 N–H and O–H groups in total. The molecule has 2 rings (SSSR count). The van der Waals surface area contributed by atoms with Crippen molar-refractivity contribution < 1.29 is 4.79 Å². The summed E-state index contributed by atoms with van der Waals surface area (Å²) in [5.41, 5.74) is 5.46. The minimum Gasteiger partial charge on any atom is -0.351 e. The molecular formula is C12H22N2O. The summed E-state index contributed by atoms with van der Waals surface area (Å²) in [6.07, 6.45) is 10.1. The van der Waals surface area contributed by atoms with Crippen molar-refractivity contribution >= 4 is 6.03 Å². The number of amides is 2. The molecule has 0 aliphatic heterocycles. The Bertz CT molecular complexity index is 220. The summed E-state index contributed by atoms with van der Waals surface area (Å²) >= 11 is 0. The van der Waals surface area contributed by atoms with Gasteiger partial charge in [-0.2, -0.15) is 0 Å². The Labute approximate surface area is 92.0 Å². The van der Waals surface area contributed by atoms with Gasteiger partial charge in [0.1, 0.15) is 0 Å². The molecule has 0 aromatic carbocycles. The molecule has 0 saturated heterocycles. The lowest BCUT2D eigenvalue weighted by Crippen LogP contribution is -2.45. The lowest BCUT2D eigenvalue weighted by Gasteiger charge is -2.33. The molecule has 2 fully saturated rings. The number of carbonyl (C=O) groups excluding carboxylic acids is 1. The van der Waals surface area contributed by atoms with Crippen LogP contribution in [0.25, 0.3) is 0 Å². The first kappa shape index (κ1) is 10.8. The van der Waals surface area contributed by atoms with Crippen LogP contribution in [0, 0.1) is 5.92 Å². The largest absolute Gasteiger partial charge is 0.351 e. The number of rotatable bonds is 4. The highest BCUT2D eigenvalue weighted by atomic mass is 16.2. The standard InChI is InChI=1S/C12H22N2O/c13-12(15)14(9-8-10-6-7-10)11-4-2-1-3-5-11/h10-11H,1-9H2,(H2,13,15). The van der Waals surface area contributed by atoms with E-state index >= 15 is 0 Å². The van der Waals surface area contributed by atoms with Crippen molar-refractivity contribution in [1.82, 2.24) is 4.90 Å². The van der Waals surface area contributed by atoms with E-state index in [0.717, 1.165) is 25.3 Å². The number of carbonyl (C=O) groups is 1. The van der Waals surface area contributed by atoms with Crippen molar-refractivity contribution in [2.75, 3.05) is 6.54 Å². The van der Waals surface area contributed by atoms with Crippen LogP contribution in [0.1, 0.15) is 51.4 Å². The SMILES string of the molecule is NC(=O)N(CCC1CC1)C1CCCCC1. The molecule has 2 aliphatic rings. The monoisotopic (exact) mass is 210 g/mol. The Kier molecular flexibility index (Phi) is 3.49. The summed E-state index contributed by atoms with van der Waals surface area (Å²) in [6, 6.07) is 0.234. The third-order valence-corrected chi connectivity index (χ3v) is 3.77. The molecule has 2 saturated carbocycles. The quantitative estimate of drug-likeness (QED) is 0.761. The van der Waals surface area contributed by atoms with Crippen LogP contribution in [0.2, 0.25) is 0 Å². The molecule has 2 aliphatic carbocycles. The zero-order valence-electron chi connectivity index (χ0n) is 9.45. The van der Waals surface area contributed by atoms with Gasteiger partial charge in [0, 0.05) is 12.6 Å². The van der Waals surface area contributed by atoms with Crippen LogP contribution < -0.4 is 5.73 Å². The van der Waals surface area contributed by atoms with Crippen LogP contribution in [-0.4, -0.2) is 23.5 Å². The summed E-state index contributed by atoms with van der Waals surface area (Å²) in [7, 11) is 0. The van der Waals surface area contributed by atoms with E-state index in [1.807, 2.05) is 4.90 Å². The lowest BCUT2D eigenvalue weighted by molar-refractivity contribution is 0.161. The smallest absolute Gasteiger partial charge is 0.315 e. The van der Waals surface area contributed by atoms with Gasteiger partial charge in [-0.3, -0.25) is 0 Å². The van der Waals surface area contributed by atoms with E-state index in [0.29, 0.717) is 6.04 Å². The molecule has 0 heterocycles. The van der Waals surface area contributed by atoms with Crippen molar-refractivity contribution in [2.24, 2.45) is 11.7 Å². The molecule has 3 nitrogen and oxygen atoms in total. The molecule has 86 valence electrons. The zero-order chi connectivity index (χ0) is 10.7. The first-order chi connectivity index (χ1) is 7.27. The predicted octanol–water partition coefficient (Wildman–Crippen LogP) is 2.50. The third-order valence-electron chi connectivity index (χ3n) is 3.77. The van der Waals surface area contributed by atoms with E-state index in [-0.39, 0.29) is 6.03 Å². The molecule has 3 heteroatoms. The van der Waals surface area contributed by atoms with Gasteiger partial charge in [-0.05, 0) is 25.2 Å². The van der Waals surface area contributed by atoms with Crippen molar-refractivity contribution in [3.05, 3.63) is 0 Å². The fourth-order valence-electron chi connectivity index (χ4n) is 2.59. The maximum atomic E-state index is 11.4. The summed E-state index contributed by atoms with van der Waals surface area (Å²) in [5, 5.41) is 0. The average molecular weight is 210 g/mol. The molecule has 0 aromatic rings. The van der Waals surface area contributed by atoms with Gasteiger partial charge in [0.2, 0.25) is 0 Å². The van der Waals surface area contributed by atoms with E-state index in [1.54, 1.807) is 0 Å². The first-order valence-corrected chi connectivity index (χ1v) is 6.33. The van der Waals surface area contributed by atoms with Crippen molar-refractivity contribution in [2.45, 2.75) is 57.4 Å². The molecular weight excluding hydrogens is 188 g/mol. The second kappa shape index (κ2) is 4.86. The first-order valence-electron chi connectivity index (χ1n) is 6.33. The van der Waals surface area contributed by atoms with Crippen molar-refractivity contribution in [3.63, 3.8) is 0 Å². The number of primary amides is 1. The summed E-state index contributed by atoms with van der Waals surface area (Å²) < 4.78 is 0. The molecule has 0 spiro atoms. The van der Waals surface area contributed by atoms with Gasteiger partial charge >= 0.3 is 6.03 Å². The Balaban J connectivity index is 1.82. The van der Waals surface area contributed by atoms with Gasteiger partial charge in [-0.1, -0.05) is 32.1 Å². The molecule has 0 atom stereocenters. The van der Waals surface area contributed by atoms with Crippen LogP contribution in [-0.2, 0) is 0 Å². The minimum absolute atomic E-state index is 0.206. The van der Waals surface area contributed by atoms with Crippen LogP contribution >= 0.6 is 0 Å². The third kappa shape index (κ3) is 3.11. The normalized spacial score (nSPS) is 22.7. The molecule has 0 unspecified atom stereocenters. The van der Waals surface area contributed by atoms with E-state index in [4.69, 9.17) is 5.73 Å². The van der Waals surface area contributed by atoms with Gasteiger partial charge in [0.25, 0.3) is 0 Å². The fraction of sp³-hybridized carbons (Fsp3) is 0.917. The highest BCUT2D eigenvalue weighted by Crippen LogP contribution is 2.33. The Hall–Kier alpha value is -0.730. The van der Waals surface area contributed by atoms with Crippen LogP contribution in [0.5, 0.6) is 0 Å². The summed E-state index contributed by atoms with van der Waals surface area (Å²) in [6.45, 7) is 0.894. The highest BCUT2D eigenvalue weighted by Gasteiger charge is 2.27. The number of nitrogens with two attached hydrogens (primary N) is 1. The van der Waals surface area contributed by atoms with Crippen molar-refractivity contribution in [1.29, 1.82) is 0 Å². The van der Waals surface area contributed by atoms with E-state index in [1.165, 1.54) is 38.5 Å². The van der Waals surface area contributed by atoms with Gasteiger partial charge in [-0.15, -0.1) is 0 Å². The Morgan fingerprint density at radius 3 is 2.33 bits per heavy atom.